The molecule has 0 unspecified atom stereocenters. The lowest BCUT2D eigenvalue weighted by atomic mass is 10.4. The zero-order valence-electron chi connectivity index (χ0n) is 9.68. The zero-order valence-corrected chi connectivity index (χ0v) is 10.4. The molecular weight excluding hydrogens is 240 g/mol. The largest absolute Gasteiger partial charge is 0.365 e. The molecule has 3 rings (SSSR count). The molecule has 0 amide bonds. The van der Waals surface area contributed by atoms with E-state index >= 15 is 0 Å². The van der Waals surface area contributed by atoms with Crippen LogP contribution < -0.4 is 5.32 Å². The lowest BCUT2D eigenvalue weighted by Crippen LogP contribution is -2.07. The normalized spacial score (nSPS) is 15.8. The van der Waals surface area contributed by atoms with Crippen molar-refractivity contribution in [2.75, 3.05) is 5.32 Å². The lowest BCUT2D eigenvalue weighted by Gasteiger charge is -2.06. The zero-order chi connectivity index (χ0) is 12.0. The van der Waals surface area contributed by atoms with Crippen LogP contribution in [0.25, 0.3) is 11.2 Å². The fraction of sp³-hybridized carbons (Fsp3) is 0.600. The second-order valence-corrected chi connectivity index (χ2v) is 4.90. The van der Waals surface area contributed by atoms with Crippen molar-refractivity contribution in [1.82, 2.24) is 25.0 Å². The molecule has 2 aromatic heterocycles. The molecule has 1 N–H and O–H groups in total. The Balaban J connectivity index is 2.14. The van der Waals surface area contributed by atoms with Crippen molar-refractivity contribution in [2.24, 2.45) is 0 Å². The van der Waals surface area contributed by atoms with Gasteiger partial charge in [0.1, 0.15) is 0 Å². The summed E-state index contributed by atoms with van der Waals surface area (Å²) in [5.41, 5.74) is 1.37. The van der Waals surface area contributed by atoms with Crippen LogP contribution in [0.2, 0.25) is 5.28 Å². The molecule has 6 nitrogen and oxygen atoms in total. The van der Waals surface area contributed by atoms with Gasteiger partial charge in [-0.1, -0.05) is 5.21 Å². The highest BCUT2D eigenvalue weighted by atomic mass is 35.5. The van der Waals surface area contributed by atoms with Crippen molar-refractivity contribution >= 4 is 28.6 Å². The van der Waals surface area contributed by atoms with Crippen molar-refractivity contribution in [3.63, 3.8) is 0 Å². The maximum absolute atomic E-state index is 5.93. The lowest BCUT2D eigenvalue weighted by molar-refractivity contribution is 0.526. The van der Waals surface area contributed by atoms with Gasteiger partial charge < -0.3 is 5.32 Å². The summed E-state index contributed by atoms with van der Waals surface area (Å²) in [7, 11) is 0. The Labute approximate surface area is 103 Å². The van der Waals surface area contributed by atoms with E-state index in [1.54, 1.807) is 4.68 Å². The maximum Gasteiger partial charge on any atom is 0.226 e. The smallest absolute Gasteiger partial charge is 0.226 e. The van der Waals surface area contributed by atoms with E-state index in [2.05, 4.69) is 25.6 Å². The second kappa shape index (κ2) is 3.80. The van der Waals surface area contributed by atoms with E-state index in [-0.39, 0.29) is 11.3 Å². The predicted octanol–water partition coefficient (Wildman–Crippen LogP) is 2.03. The van der Waals surface area contributed by atoms with E-state index in [9.17, 15) is 0 Å². The third kappa shape index (κ3) is 1.93. The van der Waals surface area contributed by atoms with Crippen LogP contribution in [0, 0.1) is 0 Å². The molecule has 2 heterocycles. The van der Waals surface area contributed by atoms with E-state index in [4.69, 9.17) is 11.6 Å². The number of hydrogen-bond acceptors (Lipinski definition) is 5. The van der Waals surface area contributed by atoms with E-state index < -0.39 is 0 Å². The Kier molecular flexibility index (Phi) is 2.39. The first kappa shape index (κ1) is 10.7. The van der Waals surface area contributed by atoms with Gasteiger partial charge in [-0.05, 0) is 38.3 Å². The molecule has 90 valence electrons. The molecule has 17 heavy (non-hydrogen) atoms. The number of anilines is 1. The van der Waals surface area contributed by atoms with E-state index in [1.165, 1.54) is 12.8 Å². The molecule has 2 aromatic rings. The Morgan fingerprint density at radius 1 is 1.35 bits per heavy atom. The monoisotopic (exact) mass is 252 g/mol. The van der Waals surface area contributed by atoms with Crippen LogP contribution in [0.5, 0.6) is 0 Å². The first-order valence-electron chi connectivity index (χ1n) is 5.70. The molecule has 0 spiro atoms. The van der Waals surface area contributed by atoms with Gasteiger partial charge in [-0.3, -0.25) is 0 Å². The summed E-state index contributed by atoms with van der Waals surface area (Å²) in [6.45, 7) is 4.05. The number of rotatable bonds is 3. The molecule has 0 aliphatic heterocycles. The highest BCUT2D eigenvalue weighted by molar-refractivity contribution is 6.28. The van der Waals surface area contributed by atoms with Gasteiger partial charge in [0, 0.05) is 6.04 Å². The Morgan fingerprint density at radius 2 is 2.12 bits per heavy atom. The highest BCUT2D eigenvalue weighted by Crippen LogP contribution is 2.28. The predicted molar refractivity (Wildman–Crippen MR) is 65.2 cm³/mol. The van der Waals surface area contributed by atoms with Gasteiger partial charge >= 0.3 is 0 Å². The van der Waals surface area contributed by atoms with Crippen LogP contribution in [0.1, 0.15) is 32.7 Å². The van der Waals surface area contributed by atoms with Gasteiger partial charge in [-0.15, -0.1) is 5.10 Å². The van der Waals surface area contributed by atoms with Crippen LogP contribution in [-0.2, 0) is 0 Å². The molecule has 7 heteroatoms. The number of aromatic nitrogens is 5. The third-order valence-electron chi connectivity index (χ3n) is 2.70. The van der Waals surface area contributed by atoms with Crippen LogP contribution in [-0.4, -0.2) is 31.0 Å². The number of hydrogen-bond donors (Lipinski definition) is 1. The molecule has 1 saturated carbocycles. The molecule has 0 radical (unpaired) electrons. The van der Waals surface area contributed by atoms with Gasteiger partial charge in [-0.25, -0.2) is 4.68 Å². The van der Waals surface area contributed by atoms with Crippen molar-refractivity contribution in [3.05, 3.63) is 5.28 Å². The summed E-state index contributed by atoms with van der Waals surface area (Å²) >= 11 is 5.93. The first-order valence-corrected chi connectivity index (χ1v) is 6.08. The van der Waals surface area contributed by atoms with Crippen molar-refractivity contribution in [2.45, 2.75) is 38.8 Å². The summed E-state index contributed by atoms with van der Waals surface area (Å²) in [5.74, 6) is 0.689. The molecule has 1 fully saturated rings. The molecule has 1 aliphatic carbocycles. The Bertz CT molecular complexity index is 559. The topological polar surface area (TPSA) is 68.5 Å². The number of halogens is 1. The number of fused-ring (bicyclic) bond motifs is 1. The number of nitrogens with one attached hydrogen (secondary N) is 1. The van der Waals surface area contributed by atoms with Crippen LogP contribution in [0.3, 0.4) is 0 Å². The van der Waals surface area contributed by atoms with E-state index in [0.717, 1.165) is 0 Å². The molecule has 0 aromatic carbocycles. The van der Waals surface area contributed by atoms with Gasteiger partial charge in [-0.2, -0.15) is 9.97 Å². The van der Waals surface area contributed by atoms with Gasteiger partial charge in [0.05, 0.1) is 6.04 Å². The van der Waals surface area contributed by atoms with Crippen LogP contribution in [0.15, 0.2) is 0 Å². The highest BCUT2D eigenvalue weighted by Gasteiger charge is 2.24. The minimum Gasteiger partial charge on any atom is -0.365 e. The minimum absolute atomic E-state index is 0.194. The SMILES string of the molecule is CC(C)n1nnc2c(NC3CC3)nc(Cl)nc21. The summed E-state index contributed by atoms with van der Waals surface area (Å²) in [6.07, 6.45) is 2.34. The molecule has 0 bridgehead atoms. The van der Waals surface area contributed by atoms with E-state index in [1.807, 2.05) is 13.8 Å². The summed E-state index contributed by atoms with van der Waals surface area (Å²) in [5, 5.41) is 11.7. The number of nitrogens with zero attached hydrogens (tertiary/aromatic N) is 5. The van der Waals surface area contributed by atoms with Crippen molar-refractivity contribution in [3.8, 4) is 0 Å². The minimum atomic E-state index is 0.194. The second-order valence-electron chi connectivity index (χ2n) is 4.56. The molecule has 0 atom stereocenters. The van der Waals surface area contributed by atoms with E-state index in [0.29, 0.717) is 23.0 Å². The summed E-state index contributed by atoms with van der Waals surface area (Å²) in [4.78, 5) is 8.38. The van der Waals surface area contributed by atoms with Crippen LogP contribution in [0.4, 0.5) is 5.82 Å². The first-order chi connectivity index (χ1) is 8.15. The Morgan fingerprint density at radius 3 is 2.76 bits per heavy atom. The average molecular weight is 253 g/mol. The van der Waals surface area contributed by atoms with Crippen molar-refractivity contribution < 1.29 is 0 Å². The van der Waals surface area contributed by atoms with Gasteiger partial charge in [0.2, 0.25) is 5.28 Å². The third-order valence-corrected chi connectivity index (χ3v) is 2.87. The molecule has 0 saturated heterocycles. The summed E-state index contributed by atoms with van der Waals surface area (Å²) in [6, 6.07) is 0.688. The van der Waals surface area contributed by atoms with Gasteiger partial charge in [0.15, 0.2) is 17.0 Å². The average Bonchev–Trinajstić information content (AvgIpc) is 2.94. The fourth-order valence-electron chi connectivity index (χ4n) is 1.67. The quantitative estimate of drug-likeness (QED) is 0.847. The maximum atomic E-state index is 5.93. The van der Waals surface area contributed by atoms with Crippen molar-refractivity contribution in [1.29, 1.82) is 0 Å². The Hall–Kier alpha value is -1.43. The van der Waals surface area contributed by atoms with Gasteiger partial charge in [0.25, 0.3) is 0 Å². The summed E-state index contributed by atoms with van der Waals surface area (Å²) < 4.78 is 1.75. The fourth-order valence-corrected chi connectivity index (χ4v) is 1.84. The molecular formula is C10H13ClN6. The standard InChI is InChI=1S/C10H13ClN6/c1-5(2)17-9-7(15-16-17)8(12-6-3-4-6)13-10(11)14-9/h5-6H,3-4H2,1-2H3,(H,12,13,14). The van der Waals surface area contributed by atoms with Crippen LogP contribution >= 0.6 is 11.6 Å². The molecule has 1 aliphatic rings.